The minimum atomic E-state index is 0.609. The van der Waals surface area contributed by atoms with Crippen LogP contribution in [0.5, 0.6) is 0 Å². The molecular formula is C8H8N2S. The molecule has 0 saturated carbocycles. The van der Waals surface area contributed by atoms with Crippen molar-refractivity contribution in [2.24, 2.45) is 0 Å². The third-order valence-electron chi connectivity index (χ3n) is 1.66. The summed E-state index contributed by atoms with van der Waals surface area (Å²) in [6.07, 6.45) is 0. The van der Waals surface area contributed by atoms with Gasteiger partial charge in [-0.25, -0.2) is 4.98 Å². The Labute approximate surface area is 68.7 Å². The van der Waals surface area contributed by atoms with Crippen LogP contribution < -0.4 is 5.73 Å². The summed E-state index contributed by atoms with van der Waals surface area (Å²) < 4.78 is 1.22. The third-order valence-corrected chi connectivity index (χ3v) is 2.52. The molecule has 0 aliphatic carbocycles. The number of pyridine rings is 1. The van der Waals surface area contributed by atoms with E-state index in [-0.39, 0.29) is 0 Å². The molecule has 2 aromatic heterocycles. The maximum absolute atomic E-state index is 5.58. The molecule has 0 bridgehead atoms. The minimum absolute atomic E-state index is 0.609. The molecule has 2 rings (SSSR count). The summed E-state index contributed by atoms with van der Waals surface area (Å²) in [6, 6.07) is 3.98. The molecule has 0 aliphatic rings. The van der Waals surface area contributed by atoms with Gasteiger partial charge in [-0.3, -0.25) is 0 Å². The lowest BCUT2D eigenvalue weighted by Gasteiger charge is -1.96. The molecular weight excluding hydrogens is 156 g/mol. The number of nitrogen functional groups attached to an aromatic ring is 1. The van der Waals surface area contributed by atoms with Gasteiger partial charge in [0.15, 0.2) is 0 Å². The number of aromatic nitrogens is 1. The summed E-state index contributed by atoms with van der Waals surface area (Å²) in [5.41, 5.74) is 6.59. The van der Waals surface area contributed by atoms with Crippen molar-refractivity contribution in [3.63, 3.8) is 0 Å². The largest absolute Gasteiger partial charge is 0.384 e. The van der Waals surface area contributed by atoms with E-state index in [2.05, 4.69) is 16.4 Å². The van der Waals surface area contributed by atoms with Crippen molar-refractivity contribution in [1.82, 2.24) is 4.98 Å². The van der Waals surface area contributed by atoms with E-state index in [0.717, 1.165) is 5.69 Å². The Morgan fingerprint density at radius 2 is 2.36 bits per heavy atom. The molecule has 0 fully saturated rings. The molecule has 2 N–H and O–H groups in total. The average Bonchev–Trinajstić information content (AvgIpc) is 2.34. The van der Waals surface area contributed by atoms with Gasteiger partial charge in [0.1, 0.15) is 5.82 Å². The zero-order chi connectivity index (χ0) is 7.84. The average molecular weight is 164 g/mol. The molecule has 0 saturated heterocycles. The summed E-state index contributed by atoms with van der Waals surface area (Å²) in [6.45, 7) is 1.98. The standard InChI is InChI=1S/C8H8N2S/c1-5-6-2-3-11-7(6)4-8(9)10-5/h2-4H,1H3,(H2,9,10). The zero-order valence-corrected chi connectivity index (χ0v) is 6.98. The van der Waals surface area contributed by atoms with Gasteiger partial charge >= 0.3 is 0 Å². The van der Waals surface area contributed by atoms with E-state index < -0.39 is 0 Å². The monoisotopic (exact) mass is 164 g/mol. The first-order valence-corrected chi connectivity index (χ1v) is 4.25. The highest BCUT2D eigenvalue weighted by Crippen LogP contribution is 2.23. The second-order valence-corrected chi connectivity index (χ2v) is 3.41. The third kappa shape index (κ3) is 0.973. The molecule has 3 heteroatoms. The number of hydrogen-bond donors (Lipinski definition) is 1. The highest BCUT2D eigenvalue weighted by atomic mass is 32.1. The Hall–Kier alpha value is -1.09. The lowest BCUT2D eigenvalue weighted by molar-refractivity contribution is 1.25. The van der Waals surface area contributed by atoms with Gasteiger partial charge in [0.2, 0.25) is 0 Å². The summed E-state index contributed by atoms with van der Waals surface area (Å²) in [5, 5.41) is 3.27. The van der Waals surface area contributed by atoms with Crippen molar-refractivity contribution < 1.29 is 0 Å². The van der Waals surface area contributed by atoms with Gasteiger partial charge < -0.3 is 5.73 Å². The predicted molar refractivity (Wildman–Crippen MR) is 48.8 cm³/mol. The summed E-state index contributed by atoms with van der Waals surface area (Å²) in [4.78, 5) is 4.16. The number of thiophene rings is 1. The lowest BCUT2D eigenvalue weighted by atomic mass is 10.2. The molecule has 56 valence electrons. The van der Waals surface area contributed by atoms with Crippen LogP contribution in [-0.2, 0) is 0 Å². The van der Waals surface area contributed by atoms with E-state index in [1.54, 1.807) is 11.3 Å². The maximum atomic E-state index is 5.58. The molecule has 2 nitrogen and oxygen atoms in total. The van der Waals surface area contributed by atoms with E-state index in [0.29, 0.717) is 5.82 Å². The van der Waals surface area contributed by atoms with Crippen LogP contribution in [0.2, 0.25) is 0 Å². The summed E-state index contributed by atoms with van der Waals surface area (Å²) in [5.74, 6) is 0.609. The van der Waals surface area contributed by atoms with E-state index >= 15 is 0 Å². The summed E-state index contributed by atoms with van der Waals surface area (Å²) >= 11 is 1.70. The summed E-state index contributed by atoms with van der Waals surface area (Å²) in [7, 11) is 0. The molecule has 0 unspecified atom stereocenters. The maximum Gasteiger partial charge on any atom is 0.125 e. The van der Waals surface area contributed by atoms with Crippen LogP contribution in [0.4, 0.5) is 5.82 Å². The first kappa shape index (κ1) is 6.61. The first-order valence-electron chi connectivity index (χ1n) is 3.38. The van der Waals surface area contributed by atoms with E-state index in [1.807, 2.05) is 13.0 Å². The Morgan fingerprint density at radius 3 is 3.18 bits per heavy atom. The van der Waals surface area contributed by atoms with E-state index in [1.165, 1.54) is 10.1 Å². The number of aryl methyl sites for hydroxylation is 1. The highest BCUT2D eigenvalue weighted by molar-refractivity contribution is 7.17. The smallest absolute Gasteiger partial charge is 0.125 e. The number of rotatable bonds is 0. The van der Waals surface area contributed by atoms with Crippen LogP contribution in [0.1, 0.15) is 5.69 Å². The van der Waals surface area contributed by atoms with Crippen molar-refractivity contribution in [2.45, 2.75) is 6.92 Å². The second-order valence-electron chi connectivity index (χ2n) is 2.46. The van der Waals surface area contributed by atoms with Crippen LogP contribution in [0, 0.1) is 6.92 Å². The van der Waals surface area contributed by atoms with Gasteiger partial charge in [-0.1, -0.05) is 0 Å². The molecule has 2 aromatic rings. The van der Waals surface area contributed by atoms with Gasteiger partial charge in [-0.2, -0.15) is 0 Å². The topological polar surface area (TPSA) is 38.9 Å². The Kier molecular flexibility index (Phi) is 1.32. The van der Waals surface area contributed by atoms with Crippen LogP contribution in [0.15, 0.2) is 17.5 Å². The van der Waals surface area contributed by atoms with Gasteiger partial charge in [0.05, 0.1) is 0 Å². The number of nitrogens with two attached hydrogens (primary N) is 1. The normalized spacial score (nSPS) is 10.6. The van der Waals surface area contributed by atoms with Crippen LogP contribution in [0.3, 0.4) is 0 Å². The number of anilines is 1. The molecule has 11 heavy (non-hydrogen) atoms. The Bertz CT molecular complexity index is 392. The first-order chi connectivity index (χ1) is 5.27. The molecule has 0 aromatic carbocycles. The number of nitrogens with zero attached hydrogens (tertiary/aromatic N) is 1. The fourth-order valence-corrected chi connectivity index (χ4v) is 2.03. The fourth-order valence-electron chi connectivity index (χ4n) is 1.15. The minimum Gasteiger partial charge on any atom is -0.384 e. The van der Waals surface area contributed by atoms with Crippen molar-refractivity contribution in [2.75, 3.05) is 5.73 Å². The van der Waals surface area contributed by atoms with Crippen LogP contribution >= 0.6 is 11.3 Å². The van der Waals surface area contributed by atoms with Crippen LogP contribution in [-0.4, -0.2) is 4.98 Å². The molecule has 0 amide bonds. The van der Waals surface area contributed by atoms with Crippen LogP contribution in [0.25, 0.3) is 10.1 Å². The fraction of sp³-hybridized carbons (Fsp3) is 0.125. The van der Waals surface area contributed by atoms with Gasteiger partial charge in [0.25, 0.3) is 0 Å². The highest BCUT2D eigenvalue weighted by Gasteiger charge is 1.99. The molecule has 0 aliphatic heterocycles. The van der Waals surface area contributed by atoms with Gasteiger partial charge in [-0.05, 0) is 24.4 Å². The van der Waals surface area contributed by atoms with Crippen molar-refractivity contribution in [1.29, 1.82) is 0 Å². The number of hydrogen-bond acceptors (Lipinski definition) is 3. The van der Waals surface area contributed by atoms with Crippen molar-refractivity contribution in [3.05, 3.63) is 23.2 Å². The quantitative estimate of drug-likeness (QED) is 0.648. The van der Waals surface area contributed by atoms with E-state index in [4.69, 9.17) is 5.73 Å². The zero-order valence-electron chi connectivity index (χ0n) is 6.16. The van der Waals surface area contributed by atoms with E-state index in [9.17, 15) is 0 Å². The molecule has 0 atom stereocenters. The van der Waals surface area contributed by atoms with Crippen molar-refractivity contribution in [3.8, 4) is 0 Å². The SMILES string of the molecule is Cc1nc(N)cc2sccc12. The molecule has 0 spiro atoms. The van der Waals surface area contributed by atoms with Crippen molar-refractivity contribution >= 4 is 27.2 Å². The van der Waals surface area contributed by atoms with Gasteiger partial charge in [-0.15, -0.1) is 11.3 Å². The number of fused-ring (bicyclic) bond motifs is 1. The lowest BCUT2D eigenvalue weighted by Crippen LogP contribution is -1.90. The molecule has 0 radical (unpaired) electrons. The second kappa shape index (κ2) is 2.20. The Morgan fingerprint density at radius 1 is 1.55 bits per heavy atom. The Balaban J connectivity index is 2.91. The van der Waals surface area contributed by atoms with Gasteiger partial charge in [0, 0.05) is 15.8 Å². The molecule has 2 heterocycles. The predicted octanol–water partition coefficient (Wildman–Crippen LogP) is 2.19.